The van der Waals surface area contributed by atoms with E-state index in [2.05, 4.69) is 50.2 Å². The Hall–Kier alpha value is -3.88. The number of hydrogen-bond donors (Lipinski definition) is 1. The Morgan fingerprint density at radius 3 is 2.61 bits per heavy atom. The third kappa shape index (κ3) is 6.39. The maximum Gasteiger partial charge on any atom is 0.229 e. The van der Waals surface area contributed by atoms with Crippen molar-refractivity contribution in [3.8, 4) is 23.1 Å². The summed E-state index contributed by atoms with van der Waals surface area (Å²) in [6, 6.07) is 8.98. The smallest absolute Gasteiger partial charge is 0.229 e. The van der Waals surface area contributed by atoms with Crippen molar-refractivity contribution in [2.45, 2.75) is 38.6 Å². The van der Waals surface area contributed by atoms with Crippen molar-refractivity contribution in [3.05, 3.63) is 53.4 Å². The van der Waals surface area contributed by atoms with Gasteiger partial charge in [-0.15, -0.1) is 0 Å². The molecule has 0 saturated carbocycles. The second-order valence-corrected chi connectivity index (χ2v) is 11.1. The summed E-state index contributed by atoms with van der Waals surface area (Å²) in [5, 5.41) is 12.9. The lowest BCUT2D eigenvalue weighted by atomic mass is 9.88. The zero-order valence-electron chi connectivity index (χ0n) is 24.0. The van der Waals surface area contributed by atoms with Crippen LogP contribution in [0.25, 0.3) is 11.3 Å². The topological polar surface area (TPSA) is 93.4 Å². The van der Waals surface area contributed by atoms with Gasteiger partial charge >= 0.3 is 0 Å². The van der Waals surface area contributed by atoms with Crippen LogP contribution in [0.15, 0.2) is 30.5 Å². The molecule has 1 aromatic carbocycles. The third-order valence-corrected chi connectivity index (χ3v) is 7.72. The van der Waals surface area contributed by atoms with Gasteiger partial charge < -0.3 is 24.8 Å². The molecule has 41 heavy (non-hydrogen) atoms. The van der Waals surface area contributed by atoms with E-state index in [4.69, 9.17) is 4.74 Å². The molecule has 3 aromatic rings. The van der Waals surface area contributed by atoms with Gasteiger partial charge in [-0.25, -0.2) is 23.7 Å². The molecular formula is C30H36F2N8O. The van der Waals surface area contributed by atoms with Crippen LogP contribution in [0.2, 0.25) is 0 Å². The Kier molecular flexibility index (Phi) is 8.61. The van der Waals surface area contributed by atoms with E-state index in [9.17, 15) is 9.65 Å². The predicted molar refractivity (Wildman–Crippen MR) is 155 cm³/mol. The quantitative estimate of drug-likeness (QED) is 0.416. The minimum atomic E-state index is -0.680. The van der Waals surface area contributed by atoms with Gasteiger partial charge in [0.05, 0.1) is 18.4 Å². The lowest BCUT2D eigenvalue weighted by Gasteiger charge is -2.34. The Morgan fingerprint density at radius 1 is 1.12 bits per heavy atom. The highest BCUT2D eigenvalue weighted by Gasteiger charge is 2.26. The van der Waals surface area contributed by atoms with E-state index >= 15 is 4.39 Å². The van der Waals surface area contributed by atoms with Crippen molar-refractivity contribution in [1.29, 1.82) is 5.26 Å². The van der Waals surface area contributed by atoms with Crippen LogP contribution >= 0.6 is 0 Å². The van der Waals surface area contributed by atoms with Crippen LogP contribution in [0.4, 0.5) is 26.2 Å². The molecule has 0 unspecified atom stereocenters. The summed E-state index contributed by atoms with van der Waals surface area (Å²) in [6.45, 7) is 9.03. The van der Waals surface area contributed by atoms with Crippen molar-refractivity contribution < 1.29 is 13.5 Å². The van der Waals surface area contributed by atoms with Gasteiger partial charge in [-0.1, -0.05) is 6.07 Å². The van der Waals surface area contributed by atoms with Crippen LogP contribution in [0.1, 0.15) is 43.9 Å². The molecule has 2 aliphatic rings. The first-order valence-electron chi connectivity index (χ1n) is 14.0. The first kappa shape index (κ1) is 28.6. The highest BCUT2D eigenvalue weighted by Crippen LogP contribution is 2.39. The Bertz CT molecular complexity index is 1430. The average Bonchev–Trinajstić information content (AvgIpc) is 2.97. The molecule has 5 rings (SSSR count). The van der Waals surface area contributed by atoms with Crippen LogP contribution in [0.3, 0.4) is 0 Å². The molecule has 216 valence electrons. The van der Waals surface area contributed by atoms with Gasteiger partial charge in [0.25, 0.3) is 0 Å². The number of pyridine rings is 1. The van der Waals surface area contributed by atoms with Gasteiger partial charge in [0.2, 0.25) is 5.95 Å². The molecule has 11 heteroatoms. The number of nitrogens with one attached hydrogen (secondary N) is 1. The maximum absolute atomic E-state index is 15.0. The average molecular weight is 563 g/mol. The minimum absolute atomic E-state index is 0.0448. The number of anilines is 3. The van der Waals surface area contributed by atoms with Crippen molar-refractivity contribution >= 4 is 17.5 Å². The Labute approximate surface area is 239 Å². The number of likely N-dealkylation sites (tertiary alicyclic amines) is 1. The SMILES string of the molecule is CC(C)N1CCOc2c(F)cc(-c3nc(Nc4ccc(C5CCN(CCN(C)C)CC5)c(C#N)n4)ncc3F)cc21. The lowest BCUT2D eigenvalue weighted by molar-refractivity contribution is 0.193. The molecule has 0 bridgehead atoms. The molecule has 9 nitrogen and oxygen atoms in total. The van der Waals surface area contributed by atoms with Gasteiger partial charge in [0.15, 0.2) is 17.4 Å². The molecule has 0 atom stereocenters. The number of piperidine rings is 1. The predicted octanol–water partition coefficient (Wildman–Crippen LogP) is 4.78. The molecule has 1 fully saturated rings. The number of nitrogens with zero attached hydrogens (tertiary/aromatic N) is 7. The van der Waals surface area contributed by atoms with E-state index < -0.39 is 11.6 Å². The van der Waals surface area contributed by atoms with Crippen LogP contribution in [-0.4, -0.2) is 84.2 Å². The van der Waals surface area contributed by atoms with Gasteiger partial charge in [0.1, 0.15) is 29.9 Å². The molecule has 1 saturated heterocycles. The number of halogens is 2. The fourth-order valence-electron chi connectivity index (χ4n) is 5.49. The fourth-order valence-corrected chi connectivity index (χ4v) is 5.49. The summed E-state index contributed by atoms with van der Waals surface area (Å²) in [5.74, 6) is -0.356. The van der Waals surface area contributed by atoms with E-state index in [1.807, 2.05) is 24.8 Å². The third-order valence-electron chi connectivity index (χ3n) is 7.72. The molecule has 2 aromatic heterocycles. The number of likely N-dealkylation sites (N-methyl/N-ethyl adjacent to an activating group) is 1. The number of fused-ring (bicyclic) bond motifs is 1. The summed E-state index contributed by atoms with van der Waals surface area (Å²) >= 11 is 0. The zero-order chi connectivity index (χ0) is 29.1. The van der Waals surface area contributed by atoms with Crippen LogP contribution in [0, 0.1) is 23.0 Å². The molecule has 1 N–H and O–H groups in total. The highest BCUT2D eigenvalue weighted by atomic mass is 19.1. The van der Waals surface area contributed by atoms with Crippen LogP contribution in [0.5, 0.6) is 5.75 Å². The van der Waals surface area contributed by atoms with Crippen LogP contribution in [-0.2, 0) is 0 Å². The first-order valence-corrected chi connectivity index (χ1v) is 14.0. The minimum Gasteiger partial charge on any atom is -0.486 e. The Morgan fingerprint density at radius 2 is 1.90 bits per heavy atom. The van der Waals surface area contributed by atoms with Crippen molar-refractivity contribution in [2.24, 2.45) is 0 Å². The molecule has 0 aliphatic carbocycles. The van der Waals surface area contributed by atoms with Gasteiger partial charge in [0, 0.05) is 24.7 Å². The summed E-state index contributed by atoms with van der Waals surface area (Å²) in [7, 11) is 4.16. The standard InChI is InChI=1S/C30H36F2N8O/c1-19(2)40-13-14-41-29-23(31)15-21(16-26(29)40)28-24(32)18-34-30(37-28)36-27-6-5-22(25(17-33)35-27)20-7-9-39(10-8-20)12-11-38(3)4/h5-6,15-16,18-20H,7-14H2,1-4H3,(H,34,35,36,37). The highest BCUT2D eigenvalue weighted by molar-refractivity contribution is 5.73. The largest absolute Gasteiger partial charge is 0.486 e. The van der Waals surface area contributed by atoms with E-state index in [1.165, 1.54) is 6.07 Å². The monoisotopic (exact) mass is 562 g/mol. The summed E-state index contributed by atoms with van der Waals surface area (Å²) in [4.78, 5) is 19.6. The normalized spacial score (nSPS) is 16.0. The summed E-state index contributed by atoms with van der Waals surface area (Å²) in [6.07, 6.45) is 2.98. The van der Waals surface area contributed by atoms with Crippen molar-refractivity contribution in [2.75, 3.05) is 63.6 Å². The summed E-state index contributed by atoms with van der Waals surface area (Å²) in [5.41, 5.74) is 2.09. The van der Waals surface area contributed by atoms with Gasteiger partial charge in [-0.2, -0.15) is 5.26 Å². The van der Waals surface area contributed by atoms with E-state index in [-0.39, 0.29) is 34.9 Å². The number of benzene rings is 1. The number of hydrogen-bond acceptors (Lipinski definition) is 9. The number of ether oxygens (including phenoxy) is 1. The fraction of sp³-hybridized carbons (Fsp3) is 0.467. The molecule has 0 radical (unpaired) electrons. The van der Waals surface area contributed by atoms with E-state index in [0.717, 1.165) is 50.8 Å². The second-order valence-electron chi connectivity index (χ2n) is 11.1. The summed E-state index contributed by atoms with van der Waals surface area (Å²) < 4.78 is 35.5. The molecule has 4 heterocycles. The second kappa shape index (κ2) is 12.3. The van der Waals surface area contributed by atoms with Gasteiger partial charge in [-0.3, -0.25) is 0 Å². The zero-order valence-corrected chi connectivity index (χ0v) is 24.0. The first-order chi connectivity index (χ1) is 19.7. The van der Waals surface area contributed by atoms with E-state index in [0.29, 0.717) is 30.4 Å². The van der Waals surface area contributed by atoms with E-state index in [1.54, 1.807) is 12.1 Å². The number of aromatic nitrogens is 3. The lowest BCUT2D eigenvalue weighted by Crippen LogP contribution is -2.38. The molecule has 2 aliphatic heterocycles. The molecule has 0 spiro atoms. The molecule has 0 amide bonds. The van der Waals surface area contributed by atoms with Gasteiger partial charge in [-0.05, 0) is 83.6 Å². The number of nitriles is 1. The number of rotatable bonds is 8. The van der Waals surface area contributed by atoms with Crippen molar-refractivity contribution in [3.63, 3.8) is 0 Å². The van der Waals surface area contributed by atoms with Crippen molar-refractivity contribution in [1.82, 2.24) is 24.8 Å². The molecular weight excluding hydrogens is 526 g/mol. The Balaban J connectivity index is 1.35. The maximum atomic E-state index is 15.0. The van der Waals surface area contributed by atoms with Crippen LogP contribution < -0.4 is 15.0 Å².